The van der Waals surface area contributed by atoms with E-state index < -0.39 is 12.1 Å². The Morgan fingerprint density at radius 1 is 1.47 bits per heavy atom. The van der Waals surface area contributed by atoms with Crippen molar-refractivity contribution in [1.29, 1.82) is 0 Å². The number of alkyl halides is 1. The van der Waals surface area contributed by atoms with Crippen molar-refractivity contribution in [1.82, 2.24) is 5.32 Å². The summed E-state index contributed by atoms with van der Waals surface area (Å²) in [5, 5.41) is 2.84. The Labute approximate surface area is 88.2 Å². The van der Waals surface area contributed by atoms with Crippen molar-refractivity contribution in [3.8, 4) is 0 Å². The molecule has 0 unspecified atom stereocenters. The Balaban J connectivity index is 2.25. The number of carbonyl (C=O) groups excluding carboxylic acids is 1. The molecule has 1 N–H and O–H groups in total. The lowest BCUT2D eigenvalue weighted by Crippen LogP contribution is -2.30. The maximum Gasteiger partial charge on any atom is 0.341 e. The largest absolute Gasteiger partial charge is 0.467 e. The van der Waals surface area contributed by atoms with Crippen molar-refractivity contribution in [2.24, 2.45) is 0 Å². The standard InChI is InChI=1S/C11H14FNO2/c1-15-11(14)10(12)8-13-7-9-5-3-2-4-6-9/h2-6,10,13H,7-8H2,1H3/t10-/m0/s1. The van der Waals surface area contributed by atoms with Crippen LogP contribution in [0.25, 0.3) is 0 Å². The number of halogens is 1. The summed E-state index contributed by atoms with van der Waals surface area (Å²) in [4.78, 5) is 10.7. The third kappa shape index (κ3) is 4.08. The van der Waals surface area contributed by atoms with Gasteiger partial charge in [-0.05, 0) is 5.56 Å². The van der Waals surface area contributed by atoms with Crippen LogP contribution in [0.15, 0.2) is 30.3 Å². The molecule has 1 rings (SSSR count). The molecule has 1 atom stereocenters. The number of benzene rings is 1. The van der Waals surface area contributed by atoms with Gasteiger partial charge in [0.1, 0.15) is 0 Å². The number of ether oxygens (including phenoxy) is 1. The first-order chi connectivity index (χ1) is 7.24. The molecule has 0 fully saturated rings. The van der Waals surface area contributed by atoms with Crippen molar-refractivity contribution in [2.45, 2.75) is 12.7 Å². The summed E-state index contributed by atoms with van der Waals surface area (Å²) in [5.41, 5.74) is 1.05. The van der Waals surface area contributed by atoms with Crippen LogP contribution in [0.2, 0.25) is 0 Å². The lowest BCUT2D eigenvalue weighted by Gasteiger charge is -2.07. The van der Waals surface area contributed by atoms with Crippen LogP contribution in [0.5, 0.6) is 0 Å². The molecule has 0 aliphatic heterocycles. The zero-order chi connectivity index (χ0) is 11.1. The summed E-state index contributed by atoms with van der Waals surface area (Å²) < 4.78 is 17.2. The van der Waals surface area contributed by atoms with E-state index in [0.717, 1.165) is 5.56 Å². The first kappa shape index (κ1) is 11.7. The Hall–Kier alpha value is -1.42. The minimum Gasteiger partial charge on any atom is -0.467 e. The summed E-state index contributed by atoms with van der Waals surface area (Å²) in [5.74, 6) is -0.837. The van der Waals surface area contributed by atoms with E-state index in [0.29, 0.717) is 6.54 Å². The fraction of sp³-hybridized carbons (Fsp3) is 0.364. The molecule has 0 saturated heterocycles. The molecule has 82 valence electrons. The van der Waals surface area contributed by atoms with Gasteiger partial charge in [-0.1, -0.05) is 30.3 Å². The predicted molar refractivity (Wildman–Crippen MR) is 55.1 cm³/mol. The second-order valence-electron chi connectivity index (χ2n) is 3.11. The van der Waals surface area contributed by atoms with Gasteiger partial charge < -0.3 is 10.1 Å². The molecule has 1 aromatic carbocycles. The van der Waals surface area contributed by atoms with Crippen LogP contribution in [0, 0.1) is 0 Å². The van der Waals surface area contributed by atoms with Crippen LogP contribution in [0.4, 0.5) is 4.39 Å². The number of hydrogen-bond acceptors (Lipinski definition) is 3. The molecule has 1 aromatic rings. The summed E-state index contributed by atoms with van der Waals surface area (Å²) in [6, 6.07) is 9.58. The number of rotatable bonds is 5. The molecular formula is C11H14FNO2. The average Bonchev–Trinajstić information content (AvgIpc) is 2.29. The van der Waals surface area contributed by atoms with Crippen LogP contribution in [-0.2, 0) is 16.1 Å². The predicted octanol–water partition coefficient (Wildman–Crippen LogP) is 1.29. The number of carbonyl (C=O) groups is 1. The van der Waals surface area contributed by atoms with Crippen LogP contribution >= 0.6 is 0 Å². The SMILES string of the molecule is COC(=O)[C@@H](F)CNCc1ccccc1. The fourth-order valence-electron chi connectivity index (χ4n) is 1.15. The molecule has 3 nitrogen and oxygen atoms in total. The highest BCUT2D eigenvalue weighted by molar-refractivity contribution is 5.74. The Morgan fingerprint density at radius 3 is 2.73 bits per heavy atom. The van der Waals surface area contributed by atoms with Gasteiger partial charge in [0.05, 0.1) is 7.11 Å². The first-order valence-corrected chi connectivity index (χ1v) is 4.70. The maximum atomic E-state index is 13.0. The molecule has 15 heavy (non-hydrogen) atoms. The number of esters is 1. The molecule has 0 aliphatic carbocycles. The highest BCUT2D eigenvalue weighted by Gasteiger charge is 2.16. The lowest BCUT2D eigenvalue weighted by molar-refractivity contribution is -0.146. The average molecular weight is 211 g/mol. The molecule has 0 radical (unpaired) electrons. The van der Waals surface area contributed by atoms with Gasteiger partial charge >= 0.3 is 5.97 Å². The summed E-state index contributed by atoms with van der Waals surface area (Å²) in [7, 11) is 1.17. The second kappa shape index (κ2) is 6.14. The third-order valence-electron chi connectivity index (χ3n) is 1.95. The molecule has 0 spiro atoms. The lowest BCUT2D eigenvalue weighted by atomic mass is 10.2. The van der Waals surface area contributed by atoms with E-state index in [1.807, 2.05) is 30.3 Å². The Bertz CT molecular complexity index is 303. The van der Waals surface area contributed by atoms with Crippen LogP contribution < -0.4 is 5.32 Å². The van der Waals surface area contributed by atoms with Crippen molar-refractivity contribution in [2.75, 3.05) is 13.7 Å². The zero-order valence-electron chi connectivity index (χ0n) is 8.57. The first-order valence-electron chi connectivity index (χ1n) is 4.70. The molecule has 0 saturated carbocycles. The monoisotopic (exact) mass is 211 g/mol. The van der Waals surface area contributed by atoms with E-state index in [1.165, 1.54) is 7.11 Å². The van der Waals surface area contributed by atoms with Gasteiger partial charge in [-0.3, -0.25) is 0 Å². The van der Waals surface area contributed by atoms with E-state index in [4.69, 9.17) is 0 Å². The van der Waals surface area contributed by atoms with E-state index in [2.05, 4.69) is 10.1 Å². The maximum absolute atomic E-state index is 13.0. The van der Waals surface area contributed by atoms with E-state index in [9.17, 15) is 9.18 Å². The number of methoxy groups -OCH3 is 1. The minimum atomic E-state index is -1.60. The van der Waals surface area contributed by atoms with Gasteiger partial charge in [0.15, 0.2) is 0 Å². The molecule has 0 aliphatic rings. The normalized spacial score (nSPS) is 12.1. The Morgan fingerprint density at radius 2 is 2.13 bits per heavy atom. The van der Waals surface area contributed by atoms with Crippen LogP contribution in [-0.4, -0.2) is 25.8 Å². The molecule has 4 heteroatoms. The van der Waals surface area contributed by atoms with Crippen LogP contribution in [0.3, 0.4) is 0 Å². The highest BCUT2D eigenvalue weighted by Crippen LogP contribution is 1.98. The van der Waals surface area contributed by atoms with Crippen molar-refractivity contribution in [3.63, 3.8) is 0 Å². The van der Waals surface area contributed by atoms with Gasteiger partial charge in [-0.15, -0.1) is 0 Å². The highest BCUT2D eigenvalue weighted by atomic mass is 19.1. The summed E-state index contributed by atoms with van der Waals surface area (Å²) in [6.45, 7) is 0.514. The van der Waals surface area contributed by atoms with Crippen molar-refractivity contribution in [3.05, 3.63) is 35.9 Å². The molecular weight excluding hydrogens is 197 g/mol. The van der Waals surface area contributed by atoms with Crippen molar-refractivity contribution < 1.29 is 13.9 Å². The quantitative estimate of drug-likeness (QED) is 0.746. The smallest absolute Gasteiger partial charge is 0.341 e. The van der Waals surface area contributed by atoms with E-state index >= 15 is 0 Å². The zero-order valence-corrected chi connectivity index (χ0v) is 8.57. The van der Waals surface area contributed by atoms with Gasteiger partial charge in [-0.25, -0.2) is 9.18 Å². The van der Waals surface area contributed by atoms with E-state index in [-0.39, 0.29) is 6.54 Å². The summed E-state index contributed by atoms with van der Waals surface area (Å²) in [6.07, 6.45) is -1.60. The topological polar surface area (TPSA) is 38.3 Å². The van der Waals surface area contributed by atoms with Crippen LogP contribution in [0.1, 0.15) is 5.56 Å². The van der Waals surface area contributed by atoms with E-state index in [1.54, 1.807) is 0 Å². The van der Waals surface area contributed by atoms with Gasteiger partial charge in [0, 0.05) is 13.1 Å². The molecule has 0 heterocycles. The third-order valence-corrected chi connectivity index (χ3v) is 1.95. The molecule has 0 amide bonds. The minimum absolute atomic E-state index is 0.0262. The second-order valence-corrected chi connectivity index (χ2v) is 3.11. The molecule has 0 bridgehead atoms. The summed E-state index contributed by atoms with van der Waals surface area (Å²) >= 11 is 0. The van der Waals surface area contributed by atoms with Gasteiger partial charge in [0.2, 0.25) is 6.17 Å². The Kier molecular flexibility index (Phi) is 4.77. The fourth-order valence-corrected chi connectivity index (χ4v) is 1.15. The van der Waals surface area contributed by atoms with Gasteiger partial charge in [-0.2, -0.15) is 0 Å². The molecule has 0 aromatic heterocycles. The number of hydrogen-bond donors (Lipinski definition) is 1. The van der Waals surface area contributed by atoms with Crippen molar-refractivity contribution >= 4 is 5.97 Å². The van der Waals surface area contributed by atoms with Gasteiger partial charge in [0.25, 0.3) is 0 Å². The number of nitrogens with one attached hydrogen (secondary N) is 1.